The molecule has 2 amide bonds. The van der Waals surface area contributed by atoms with E-state index >= 15 is 0 Å². The Balaban J connectivity index is 0.000000303. The monoisotopic (exact) mass is 553 g/mol. The van der Waals surface area contributed by atoms with Gasteiger partial charge in [-0.05, 0) is 74.6 Å². The fourth-order valence-electron chi connectivity index (χ4n) is 4.48. The molecular weight excluding hydrogens is 514 g/mol. The summed E-state index contributed by atoms with van der Waals surface area (Å²) in [7, 11) is 3.32. The number of carbonyl (C=O) groups excluding carboxylic acids is 2. The van der Waals surface area contributed by atoms with Crippen molar-refractivity contribution < 1.29 is 23.8 Å². The van der Waals surface area contributed by atoms with E-state index in [0.717, 1.165) is 48.1 Å². The van der Waals surface area contributed by atoms with Crippen LogP contribution in [0.1, 0.15) is 31.9 Å². The molecule has 0 saturated carbocycles. The Bertz CT molecular complexity index is 1220. The molecule has 2 aromatic rings. The molecule has 9 heteroatoms. The molecule has 2 aromatic carbocycles. The van der Waals surface area contributed by atoms with Crippen molar-refractivity contribution in [1.29, 1.82) is 0 Å². The molecule has 3 aliphatic heterocycles. The van der Waals surface area contributed by atoms with Gasteiger partial charge >= 0.3 is 6.09 Å². The molecule has 0 N–H and O–H groups in total. The van der Waals surface area contributed by atoms with Crippen LogP contribution in [0.4, 0.5) is 4.79 Å². The molecule has 0 atom stereocenters. The van der Waals surface area contributed by atoms with E-state index in [-0.39, 0.29) is 17.6 Å². The number of carbonyl (C=O) groups is 2. The summed E-state index contributed by atoms with van der Waals surface area (Å²) >= 11 is 1.75. The molecule has 0 unspecified atom stereocenters. The lowest BCUT2D eigenvalue weighted by atomic mass is 10.1. The second kappa shape index (κ2) is 12.3. The molecular formula is C30H39N3O5S. The van der Waals surface area contributed by atoms with Crippen molar-refractivity contribution in [2.75, 3.05) is 53.5 Å². The molecule has 0 aliphatic carbocycles. The molecule has 0 fully saturated rings. The molecule has 8 nitrogen and oxygen atoms in total. The number of rotatable bonds is 4. The third kappa shape index (κ3) is 8.16. The average Bonchev–Trinajstić information content (AvgIpc) is 3.42. The van der Waals surface area contributed by atoms with Gasteiger partial charge in [-0.1, -0.05) is 29.8 Å². The molecule has 5 rings (SSSR count). The third-order valence-corrected chi connectivity index (χ3v) is 7.28. The molecule has 0 bridgehead atoms. The highest BCUT2D eigenvalue weighted by Gasteiger charge is 2.32. The van der Waals surface area contributed by atoms with Crippen molar-refractivity contribution in [2.45, 2.75) is 44.6 Å². The van der Waals surface area contributed by atoms with Crippen molar-refractivity contribution >= 4 is 23.9 Å². The summed E-state index contributed by atoms with van der Waals surface area (Å²) in [5, 5.41) is 0. The maximum atomic E-state index is 12.7. The average molecular weight is 554 g/mol. The lowest BCUT2D eigenvalue weighted by Gasteiger charge is -2.23. The predicted molar refractivity (Wildman–Crippen MR) is 153 cm³/mol. The SMILES string of the molecule is CN(C)C(=O)OC(C)(C)C.Cc1cccc(CC(=O)N2CC3=C(CN(Sc4ccc5c(c4)OCCO5)C3)C2)c1. The van der Waals surface area contributed by atoms with E-state index in [4.69, 9.17) is 14.2 Å². The van der Waals surface area contributed by atoms with Gasteiger partial charge in [-0.25, -0.2) is 9.10 Å². The number of hydrogen-bond donors (Lipinski definition) is 0. The second-order valence-corrected chi connectivity index (χ2v) is 12.4. The van der Waals surface area contributed by atoms with E-state index in [9.17, 15) is 9.59 Å². The van der Waals surface area contributed by atoms with Crippen LogP contribution < -0.4 is 9.47 Å². The Labute approximate surface area is 236 Å². The van der Waals surface area contributed by atoms with Gasteiger partial charge in [-0.15, -0.1) is 0 Å². The summed E-state index contributed by atoms with van der Waals surface area (Å²) in [4.78, 5) is 28.1. The highest BCUT2D eigenvalue weighted by Crippen LogP contribution is 2.38. The Hall–Kier alpha value is -3.17. The minimum atomic E-state index is -0.388. The number of aryl methyl sites for hydroxylation is 1. The molecule has 210 valence electrons. The van der Waals surface area contributed by atoms with E-state index in [1.54, 1.807) is 26.0 Å². The van der Waals surface area contributed by atoms with Gasteiger partial charge in [0.15, 0.2) is 11.5 Å². The summed E-state index contributed by atoms with van der Waals surface area (Å²) in [6.07, 6.45) is 0.185. The van der Waals surface area contributed by atoms with Gasteiger partial charge in [0.2, 0.25) is 5.91 Å². The van der Waals surface area contributed by atoms with Gasteiger partial charge in [0.25, 0.3) is 0 Å². The molecule has 0 spiro atoms. The topological polar surface area (TPSA) is 71.6 Å². The first-order valence-electron chi connectivity index (χ1n) is 13.2. The normalized spacial score (nSPS) is 16.4. The summed E-state index contributed by atoms with van der Waals surface area (Å²) in [6, 6.07) is 14.3. The van der Waals surface area contributed by atoms with Crippen molar-refractivity contribution in [3.63, 3.8) is 0 Å². The molecule has 3 heterocycles. The highest BCUT2D eigenvalue weighted by atomic mass is 32.2. The van der Waals surface area contributed by atoms with Crippen LogP contribution in [0.25, 0.3) is 0 Å². The maximum absolute atomic E-state index is 12.7. The van der Waals surface area contributed by atoms with Crippen LogP contribution >= 0.6 is 11.9 Å². The Kier molecular flexibility index (Phi) is 9.12. The summed E-state index contributed by atoms with van der Waals surface area (Å²) in [5.74, 6) is 1.87. The third-order valence-electron chi connectivity index (χ3n) is 6.30. The molecule has 0 saturated heterocycles. The quantitative estimate of drug-likeness (QED) is 0.392. The number of hydrogen-bond acceptors (Lipinski definition) is 7. The lowest BCUT2D eigenvalue weighted by molar-refractivity contribution is -0.129. The van der Waals surface area contributed by atoms with Crippen LogP contribution in [0.5, 0.6) is 11.5 Å². The number of ether oxygens (including phenoxy) is 3. The van der Waals surface area contributed by atoms with Crippen LogP contribution in [0.15, 0.2) is 58.5 Å². The van der Waals surface area contributed by atoms with Crippen LogP contribution in [-0.2, 0) is 16.0 Å². The van der Waals surface area contributed by atoms with Crippen LogP contribution in [0.3, 0.4) is 0 Å². The van der Waals surface area contributed by atoms with Crippen LogP contribution in [0, 0.1) is 6.92 Å². The zero-order chi connectivity index (χ0) is 28.2. The minimum absolute atomic E-state index is 0.219. The smallest absolute Gasteiger partial charge is 0.409 e. The van der Waals surface area contributed by atoms with Crippen molar-refractivity contribution in [3.05, 3.63) is 64.7 Å². The number of nitrogens with zero attached hydrogens (tertiary/aromatic N) is 3. The van der Waals surface area contributed by atoms with Gasteiger partial charge in [0.1, 0.15) is 18.8 Å². The van der Waals surface area contributed by atoms with Crippen molar-refractivity contribution in [1.82, 2.24) is 14.1 Å². The van der Waals surface area contributed by atoms with E-state index in [0.29, 0.717) is 19.6 Å². The first kappa shape index (κ1) is 28.8. The van der Waals surface area contributed by atoms with Gasteiger partial charge in [0, 0.05) is 45.2 Å². The molecule has 0 aromatic heterocycles. The maximum Gasteiger partial charge on any atom is 0.409 e. The molecule has 39 heavy (non-hydrogen) atoms. The van der Waals surface area contributed by atoms with E-state index in [1.807, 2.05) is 43.9 Å². The highest BCUT2D eigenvalue weighted by molar-refractivity contribution is 7.97. The first-order chi connectivity index (χ1) is 18.5. The second-order valence-electron chi connectivity index (χ2n) is 11.2. The van der Waals surface area contributed by atoms with Crippen LogP contribution in [-0.4, -0.2) is 85.2 Å². The zero-order valence-corrected chi connectivity index (χ0v) is 24.6. The van der Waals surface area contributed by atoms with Gasteiger partial charge < -0.3 is 24.0 Å². The number of amides is 2. The number of fused-ring (bicyclic) bond motifs is 1. The number of benzene rings is 2. The first-order valence-corrected chi connectivity index (χ1v) is 14.0. The van der Waals surface area contributed by atoms with Gasteiger partial charge in [-0.2, -0.15) is 0 Å². The Morgan fingerprint density at radius 2 is 1.62 bits per heavy atom. The predicted octanol–water partition coefficient (Wildman–Crippen LogP) is 4.95. The largest absolute Gasteiger partial charge is 0.486 e. The van der Waals surface area contributed by atoms with Crippen molar-refractivity contribution in [3.8, 4) is 11.5 Å². The van der Waals surface area contributed by atoms with Gasteiger partial charge in [-0.3, -0.25) is 4.79 Å². The fraction of sp³-hybridized carbons (Fsp3) is 0.467. The van der Waals surface area contributed by atoms with Crippen molar-refractivity contribution in [2.24, 2.45) is 0 Å². The molecule has 0 radical (unpaired) electrons. The van der Waals surface area contributed by atoms with E-state index in [2.05, 4.69) is 35.5 Å². The van der Waals surface area contributed by atoms with Crippen LogP contribution in [0.2, 0.25) is 0 Å². The standard InChI is InChI=1S/C23H24N2O3S.C7H15NO2/c1-16-3-2-4-17(9-16)10-23(26)24-12-18-14-25(15-19(18)13-24)29-20-5-6-21-22(11-20)28-8-7-27-21;1-7(2,3)10-6(9)8(4)5/h2-6,9,11H,7-8,10,12-15H2,1H3;1-5H3. The Morgan fingerprint density at radius 1 is 0.949 bits per heavy atom. The lowest BCUT2D eigenvalue weighted by Crippen LogP contribution is -2.33. The molecule has 3 aliphatic rings. The summed E-state index contributed by atoms with van der Waals surface area (Å²) in [5.41, 5.74) is 4.70. The van der Waals surface area contributed by atoms with E-state index < -0.39 is 0 Å². The minimum Gasteiger partial charge on any atom is -0.486 e. The van der Waals surface area contributed by atoms with E-state index in [1.165, 1.54) is 21.6 Å². The van der Waals surface area contributed by atoms with Gasteiger partial charge in [0.05, 0.1) is 6.42 Å². The zero-order valence-electron chi connectivity index (χ0n) is 23.8. The summed E-state index contributed by atoms with van der Waals surface area (Å²) < 4.78 is 18.6. The fourth-order valence-corrected chi connectivity index (χ4v) is 5.51. The Morgan fingerprint density at radius 3 is 2.21 bits per heavy atom. The summed E-state index contributed by atoms with van der Waals surface area (Å²) in [6.45, 7) is 12.1.